The molecule has 0 saturated carbocycles. The number of fused-ring (bicyclic) bond motifs is 4. The second-order valence-electron chi connectivity index (χ2n) is 8.72. The SMILES string of the molecule is C#Cc1cc2c(cc1N1CCOCC1)C(C)(C)c1[nH]c3c(c1C2)C(=O)CC(C#N)=C3. The first-order valence-electron chi connectivity index (χ1n) is 10.3. The zero-order valence-electron chi connectivity index (χ0n) is 17.3. The van der Waals surface area contributed by atoms with Gasteiger partial charge in [0, 0.05) is 53.7 Å². The van der Waals surface area contributed by atoms with Gasteiger partial charge in [0.15, 0.2) is 5.78 Å². The van der Waals surface area contributed by atoms with E-state index in [0.717, 1.165) is 46.9 Å². The van der Waals surface area contributed by atoms with Crippen LogP contribution in [-0.2, 0) is 16.6 Å². The van der Waals surface area contributed by atoms with E-state index < -0.39 is 0 Å². The number of benzene rings is 1. The van der Waals surface area contributed by atoms with Crippen molar-refractivity contribution in [3.63, 3.8) is 0 Å². The van der Waals surface area contributed by atoms with Gasteiger partial charge in [-0.25, -0.2) is 0 Å². The van der Waals surface area contributed by atoms with Crippen molar-refractivity contribution in [2.24, 2.45) is 0 Å². The van der Waals surface area contributed by atoms with E-state index in [2.05, 4.69) is 47.9 Å². The Morgan fingerprint density at radius 3 is 2.70 bits per heavy atom. The summed E-state index contributed by atoms with van der Waals surface area (Å²) in [6.45, 7) is 7.42. The summed E-state index contributed by atoms with van der Waals surface area (Å²) in [5, 5.41) is 9.28. The minimum atomic E-state index is -0.310. The predicted octanol–water partition coefficient (Wildman–Crippen LogP) is 3.56. The Bertz CT molecular complexity index is 1190. The van der Waals surface area contributed by atoms with Gasteiger partial charge in [0.25, 0.3) is 0 Å². The van der Waals surface area contributed by atoms with Gasteiger partial charge in [0.2, 0.25) is 0 Å². The summed E-state index contributed by atoms with van der Waals surface area (Å²) in [6, 6.07) is 6.49. The van der Waals surface area contributed by atoms with Gasteiger partial charge < -0.3 is 14.6 Å². The minimum Gasteiger partial charge on any atom is -0.378 e. The third-order valence-corrected chi connectivity index (χ3v) is 6.62. The van der Waals surface area contributed by atoms with Crippen LogP contribution in [0.1, 0.15) is 64.3 Å². The van der Waals surface area contributed by atoms with Crippen molar-refractivity contribution in [2.75, 3.05) is 31.2 Å². The van der Waals surface area contributed by atoms with Crippen LogP contribution >= 0.6 is 0 Å². The highest BCUT2D eigenvalue weighted by Gasteiger charge is 2.39. The number of ether oxygens (including phenoxy) is 1. The molecule has 0 atom stereocenters. The van der Waals surface area contributed by atoms with E-state index in [4.69, 9.17) is 11.2 Å². The van der Waals surface area contributed by atoms with Crippen LogP contribution in [0.5, 0.6) is 0 Å². The molecule has 1 N–H and O–H groups in total. The number of morpholine rings is 1. The van der Waals surface area contributed by atoms with Crippen molar-refractivity contribution in [3.05, 3.63) is 56.9 Å². The van der Waals surface area contributed by atoms with E-state index in [0.29, 0.717) is 25.2 Å². The molecule has 1 aromatic heterocycles. The molecule has 2 heterocycles. The zero-order chi connectivity index (χ0) is 21.0. The Balaban J connectivity index is 1.67. The van der Waals surface area contributed by atoms with Gasteiger partial charge in [0.1, 0.15) is 0 Å². The molecule has 2 aromatic rings. The van der Waals surface area contributed by atoms with Crippen LogP contribution < -0.4 is 4.90 Å². The maximum atomic E-state index is 12.8. The van der Waals surface area contributed by atoms with Gasteiger partial charge in [0.05, 0.1) is 30.7 Å². The molecule has 2 aliphatic carbocycles. The average Bonchev–Trinajstić information content (AvgIpc) is 3.13. The van der Waals surface area contributed by atoms with Crippen LogP contribution in [0, 0.1) is 23.7 Å². The number of terminal acetylenes is 1. The molecule has 1 fully saturated rings. The maximum absolute atomic E-state index is 12.8. The molecule has 0 spiro atoms. The summed E-state index contributed by atoms with van der Waals surface area (Å²) < 4.78 is 5.51. The maximum Gasteiger partial charge on any atom is 0.170 e. The molecular formula is C25H23N3O2. The highest BCUT2D eigenvalue weighted by atomic mass is 16.5. The topological polar surface area (TPSA) is 69.1 Å². The van der Waals surface area contributed by atoms with Crippen LogP contribution in [0.25, 0.3) is 6.08 Å². The molecule has 3 aliphatic rings. The van der Waals surface area contributed by atoms with Crippen molar-refractivity contribution < 1.29 is 9.53 Å². The highest BCUT2D eigenvalue weighted by Crippen LogP contribution is 2.46. The molecule has 5 rings (SSSR count). The summed E-state index contributed by atoms with van der Waals surface area (Å²) in [7, 11) is 0. The quantitative estimate of drug-likeness (QED) is 0.747. The molecule has 0 unspecified atom stereocenters. The Labute approximate surface area is 176 Å². The number of nitrogens with one attached hydrogen (secondary N) is 1. The Morgan fingerprint density at radius 2 is 2.00 bits per heavy atom. The largest absolute Gasteiger partial charge is 0.378 e. The van der Waals surface area contributed by atoms with Crippen LogP contribution in [0.4, 0.5) is 5.69 Å². The third kappa shape index (κ3) is 2.63. The number of anilines is 1. The lowest BCUT2D eigenvalue weighted by Gasteiger charge is -2.36. The molecule has 1 aromatic carbocycles. The summed E-state index contributed by atoms with van der Waals surface area (Å²) in [6.07, 6.45) is 8.55. The van der Waals surface area contributed by atoms with E-state index in [9.17, 15) is 10.1 Å². The number of hydrogen-bond donors (Lipinski definition) is 1. The molecule has 150 valence electrons. The first kappa shape index (κ1) is 18.7. The molecular weight excluding hydrogens is 374 g/mol. The lowest BCUT2D eigenvalue weighted by atomic mass is 9.70. The lowest BCUT2D eigenvalue weighted by molar-refractivity contribution is 0.0992. The van der Waals surface area contributed by atoms with E-state index in [1.807, 2.05) is 6.08 Å². The van der Waals surface area contributed by atoms with E-state index in [-0.39, 0.29) is 17.6 Å². The lowest BCUT2D eigenvalue weighted by Crippen LogP contribution is -2.37. The number of rotatable bonds is 1. The number of H-pyrrole nitrogens is 1. The van der Waals surface area contributed by atoms with Crippen LogP contribution in [0.15, 0.2) is 17.7 Å². The Kier molecular flexibility index (Phi) is 4.13. The molecule has 5 heteroatoms. The Hall–Kier alpha value is -3.28. The summed E-state index contributed by atoms with van der Waals surface area (Å²) in [4.78, 5) is 18.6. The molecule has 0 bridgehead atoms. The van der Waals surface area contributed by atoms with Gasteiger partial charge >= 0.3 is 0 Å². The van der Waals surface area contributed by atoms with Gasteiger partial charge in [-0.15, -0.1) is 6.42 Å². The molecule has 0 radical (unpaired) electrons. The molecule has 30 heavy (non-hydrogen) atoms. The van der Waals surface area contributed by atoms with Gasteiger partial charge in [-0.3, -0.25) is 4.79 Å². The number of carbonyl (C=O) groups is 1. The van der Waals surface area contributed by atoms with Crippen LogP contribution in [-0.4, -0.2) is 37.1 Å². The normalized spacial score (nSPS) is 19.1. The molecule has 0 amide bonds. The second-order valence-corrected chi connectivity index (χ2v) is 8.72. The molecule has 1 aliphatic heterocycles. The number of aromatic amines is 1. The standard InChI is InChI=1S/C25H23N3O2/c1-4-16-11-17-12-18-23-20(9-15(14-26)10-22(23)29)27-24(18)25(2,3)19(17)13-21(16)28-5-7-30-8-6-28/h1,9,11,13,27H,5-8,10,12H2,2-3H3. The molecule has 5 nitrogen and oxygen atoms in total. The van der Waals surface area contributed by atoms with E-state index in [1.54, 1.807) is 0 Å². The Morgan fingerprint density at radius 1 is 1.23 bits per heavy atom. The fourth-order valence-electron chi connectivity index (χ4n) is 5.12. The number of aromatic nitrogens is 1. The van der Waals surface area contributed by atoms with Crippen LogP contribution in [0.3, 0.4) is 0 Å². The third-order valence-electron chi connectivity index (χ3n) is 6.62. The van der Waals surface area contributed by atoms with Gasteiger partial charge in [-0.1, -0.05) is 19.8 Å². The monoisotopic (exact) mass is 397 g/mol. The number of carbonyl (C=O) groups excluding carboxylic acids is 1. The van der Waals surface area contributed by atoms with E-state index in [1.165, 1.54) is 11.1 Å². The number of nitrogens with zero attached hydrogens (tertiary/aromatic N) is 2. The van der Waals surface area contributed by atoms with Crippen molar-refractivity contribution in [3.8, 4) is 18.4 Å². The zero-order valence-corrected chi connectivity index (χ0v) is 17.3. The van der Waals surface area contributed by atoms with Crippen molar-refractivity contribution in [1.29, 1.82) is 5.26 Å². The number of allylic oxidation sites excluding steroid dienone is 1. The highest BCUT2D eigenvalue weighted by molar-refractivity contribution is 6.06. The van der Waals surface area contributed by atoms with Gasteiger partial charge in [-0.05, 0) is 34.9 Å². The first-order valence-corrected chi connectivity index (χ1v) is 10.3. The molecule has 1 saturated heterocycles. The fourth-order valence-corrected chi connectivity index (χ4v) is 5.12. The smallest absolute Gasteiger partial charge is 0.170 e. The number of nitriles is 1. The van der Waals surface area contributed by atoms with Crippen LogP contribution in [0.2, 0.25) is 0 Å². The fraction of sp³-hybridized carbons (Fsp3) is 0.360. The van der Waals surface area contributed by atoms with Gasteiger partial charge in [-0.2, -0.15) is 5.26 Å². The summed E-state index contributed by atoms with van der Waals surface area (Å²) >= 11 is 0. The number of Topliss-reactive ketones (excluding diaryl/α,β-unsaturated/α-hetero) is 1. The number of ketones is 1. The predicted molar refractivity (Wildman–Crippen MR) is 116 cm³/mol. The van der Waals surface area contributed by atoms with E-state index >= 15 is 0 Å². The first-order chi connectivity index (χ1) is 14.4. The van der Waals surface area contributed by atoms with Crippen molar-refractivity contribution in [2.45, 2.75) is 32.1 Å². The number of hydrogen-bond acceptors (Lipinski definition) is 4. The summed E-state index contributed by atoms with van der Waals surface area (Å²) in [5.74, 6) is 2.89. The van der Waals surface area contributed by atoms with Crippen molar-refractivity contribution in [1.82, 2.24) is 4.98 Å². The average molecular weight is 397 g/mol. The van der Waals surface area contributed by atoms with Crippen molar-refractivity contribution >= 4 is 17.5 Å². The minimum absolute atomic E-state index is 0.0166. The second kappa shape index (κ2) is 6.62. The summed E-state index contributed by atoms with van der Waals surface area (Å²) in [5.41, 5.74) is 8.16.